The number of aromatic nitrogens is 1. The van der Waals surface area contributed by atoms with E-state index in [9.17, 15) is 43.2 Å². The predicted molar refractivity (Wildman–Crippen MR) is 342 cm³/mol. The van der Waals surface area contributed by atoms with E-state index in [2.05, 4.69) is 46.6 Å². The maximum absolute atomic E-state index is 13.9. The number of amides is 7. The van der Waals surface area contributed by atoms with Gasteiger partial charge in [0.2, 0.25) is 23.6 Å². The van der Waals surface area contributed by atoms with Crippen LogP contribution in [-0.4, -0.2) is 180 Å². The number of ether oxygens (including phenoxy) is 2. The molecule has 21 nitrogen and oxygen atoms in total. The molecule has 4 unspecified atom stereocenters. The van der Waals surface area contributed by atoms with Gasteiger partial charge in [0.05, 0.1) is 55.7 Å². The highest BCUT2D eigenvalue weighted by molar-refractivity contribution is 8.76. The molecule has 3 aliphatic rings. The van der Waals surface area contributed by atoms with Crippen LogP contribution in [0.25, 0.3) is 10.9 Å². The zero-order chi connectivity index (χ0) is 64.8. The summed E-state index contributed by atoms with van der Waals surface area (Å²) in [6, 6.07) is 6.09. The summed E-state index contributed by atoms with van der Waals surface area (Å²) in [4.78, 5) is 130. The standard InChI is InChI=1S/C34H52N4O6.C28H48N4O7S2.C2H6/c1-7-22(2)23(3)30(42-5)20-31(39)37-16-12-15-29(37)32(43-6)24(4)33(40)36-28(34(41)38-17-10-11-18-44-38)19-25-21-35-27-14-9-8-13-26(25)27;1-19(2)26(21(5)33)30-28(38)27(20(3)4)31(6)16-10-8-7-9-15-29-22(34)13-17-40-41-18-14-25(37)39-32-23(35)11-12-24(32)36;1-2/h8-9,13-14,21-24,28-30,32,35H,7,10-12,15-20H2,1-6H3,(H,36,40);19-20,26-27H,7-18H2,1-6H3,(H,29,34)(H,30,38);1-2H3/t22?,23-,24?,28-,29-,30+,32?;26-,27?;/m00./s1. The van der Waals surface area contributed by atoms with Crippen LogP contribution in [0.5, 0.6) is 0 Å². The first kappa shape index (κ1) is 76.2. The Hall–Kier alpha value is -5.07. The van der Waals surface area contributed by atoms with Crippen LogP contribution < -0.4 is 16.0 Å². The number of ketones is 1. The van der Waals surface area contributed by atoms with E-state index in [0.29, 0.717) is 68.0 Å². The topological polar surface area (TPSA) is 255 Å². The summed E-state index contributed by atoms with van der Waals surface area (Å²) in [5.41, 5.74) is 1.92. The summed E-state index contributed by atoms with van der Waals surface area (Å²) in [6.45, 7) is 24.7. The molecule has 0 aliphatic carbocycles. The molecule has 5 rings (SSSR count). The number of imide groups is 1. The number of benzene rings is 1. The van der Waals surface area contributed by atoms with E-state index in [1.54, 1.807) is 14.2 Å². The molecule has 2 aromatic rings. The molecule has 1 aromatic heterocycles. The first-order valence-electron chi connectivity index (χ1n) is 31.8. The fraction of sp³-hybridized carbons (Fsp3) is 0.734. The lowest BCUT2D eigenvalue weighted by molar-refractivity contribution is -0.199. The quantitative estimate of drug-likeness (QED) is 0.0286. The van der Waals surface area contributed by atoms with Crippen LogP contribution in [0, 0.1) is 29.6 Å². The second-order valence-corrected chi connectivity index (χ2v) is 26.3. The van der Waals surface area contributed by atoms with E-state index in [-0.39, 0.29) is 90.5 Å². The molecule has 4 heterocycles. The Kier molecular flexibility index (Phi) is 35.5. The molecule has 0 bridgehead atoms. The lowest BCUT2D eigenvalue weighted by Gasteiger charge is -2.36. The van der Waals surface area contributed by atoms with E-state index in [4.69, 9.17) is 19.1 Å². The maximum atomic E-state index is 13.9. The SMILES string of the molecule is CC.CC(=O)[C@@H](NC(=O)C(C(C)C)N(C)CCCCCCNC(=O)CCSSCCC(=O)ON1C(=O)CCC1=O)C(C)C.CCC(C)[C@H](C)[C@@H](CC(=O)N1CCC[C@H]1C(OC)C(C)C(=O)N[C@@H](Cc1c[nH]c2ccccc12)C(=O)N1CCCCO1)OC. The van der Waals surface area contributed by atoms with Gasteiger partial charge in [0.25, 0.3) is 17.7 Å². The normalized spacial score (nSPS) is 18.0. The van der Waals surface area contributed by atoms with Crippen LogP contribution in [0.2, 0.25) is 0 Å². The van der Waals surface area contributed by atoms with Gasteiger partial charge in [0, 0.05) is 88.1 Å². The summed E-state index contributed by atoms with van der Waals surface area (Å²) >= 11 is 0. The number of fused-ring (bicyclic) bond motifs is 1. The Morgan fingerprint density at radius 3 is 2.09 bits per heavy atom. The van der Waals surface area contributed by atoms with Gasteiger partial charge < -0.3 is 40.1 Å². The van der Waals surface area contributed by atoms with Crippen molar-refractivity contribution >= 4 is 85.6 Å². The van der Waals surface area contributed by atoms with Crippen molar-refractivity contribution in [1.82, 2.24) is 40.9 Å². The van der Waals surface area contributed by atoms with Gasteiger partial charge in [-0.05, 0) is 94.3 Å². The molecule has 4 N–H and O–H groups in total. The maximum Gasteiger partial charge on any atom is 0.334 e. The predicted octanol–water partition coefficient (Wildman–Crippen LogP) is 8.62. The van der Waals surface area contributed by atoms with Gasteiger partial charge in [-0.25, -0.2) is 9.86 Å². The number of carbonyl (C=O) groups is 9. The minimum absolute atomic E-state index is 0.0145. The van der Waals surface area contributed by atoms with Crippen molar-refractivity contribution in [2.75, 3.05) is 65.6 Å². The van der Waals surface area contributed by atoms with Crippen molar-refractivity contribution in [3.8, 4) is 0 Å². The lowest BCUT2D eigenvalue weighted by atomic mass is 9.87. The number of hydrogen-bond acceptors (Lipinski definition) is 16. The molecule has 0 saturated carbocycles. The highest BCUT2D eigenvalue weighted by atomic mass is 33.1. The van der Waals surface area contributed by atoms with E-state index < -0.39 is 41.9 Å². The monoisotopic (exact) mass is 1260 g/mol. The van der Waals surface area contributed by atoms with Gasteiger partial charge in [-0.15, -0.1) is 5.06 Å². The number of hydrogen-bond donors (Lipinski definition) is 4. The summed E-state index contributed by atoms with van der Waals surface area (Å²) in [7, 11) is 8.13. The number of H-pyrrole nitrogens is 1. The third kappa shape index (κ3) is 24.7. The number of nitrogens with one attached hydrogen (secondary N) is 4. The van der Waals surface area contributed by atoms with Crippen molar-refractivity contribution in [2.24, 2.45) is 29.6 Å². The van der Waals surface area contributed by atoms with Gasteiger partial charge in [-0.2, -0.15) is 0 Å². The minimum atomic E-state index is -0.814. The first-order valence-corrected chi connectivity index (χ1v) is 34.3. The molecule has 3 saturated heterocycles. The Morgan fingerprint density at radius 2 is 1.48 bits per heavy atom. The smallest absolute Gasteiger partial charge is 0.334 e. The van der Waals surface area contributed by atoms with Gasteiger partial charge in [-0.3, -0.25) is 48.1 Å². The molecule has 9 atom stereocenters. The average Bonchev–Trinajstić information content (AvgIpc) is 2.67. The van der Waals surface area contributed by atoms with Gasteiger partial charge >= 0.3 is 5.97 Å². The van der Waals surface area contributed by atoms with Crippen LogP contribution in [0.3, 0.4) is 0 Å². The number of carbonyl (C=O) groups excluding carboxylic acids is 9. The summed E-state index contributed by atoms with van der Waals surface area (Å²) in [5, 5.41) is 11.9. The second kappa shape index (κ2) is 40.5. The number of rotatable bonds is 35. The fourth-order valence-electron chi connectivity index (χ4n) is 11.2. The molecule has 492 valence electrons. The van der Waals surface area contributed by atoms with Crippen molar-refractivity contribution in [1.29, 1.82) is 0 Å². The molecule has 23 heteroatoms. The number of aromatic amines is 1. The Balaban J connectivity index is 0.000000444. The van der Waals surface area contributed by atoms with Crippen LogP contribution in [0.1, 0.15) is 172 Å². The van der Waals surface area contributed by atoms with Crippen molar-refractivity contribution < 1.29 is 62.3 Å². The van der Waals surface area contributed by atoms with E-state index >= 15 is 0 Å². The summed E-state index contributed by atoms with van der Waals surface area (Å²) in [5.74, 6) is -0.985. The third-order valence-electron chi connectivity index (χ3n) is 16.6. The highest BCUT2D eigenvalue weighted by Crippen LogP contribution is 2.31. The zero-order valence-electron chi connectivity index (χ0n) is 54.7. The summed E-state index contributed by atoms with van der Waals surface area (Å²) < 4.78 is 11.7. The van der Waals surface area contributed by atoms with Crippen LogP contribution in [0.4, 0.5) is 0 Å². The number of hydroxylamine groups is 4. The lowest BCUT2D eigenvalue weighted by Crippen LogP contribution is -2.55. The van der Waals surface area contributed by atoms with Gasteiger partial charge in [-0.1, -0.05) is 128 Å². The van der Waals surface area contributed by atoms with Crippen LogP contribution in [0.15, 0.2) is 30.5 Å². The molecule has 7 amide bonds. The number of likely N-dealkylation sites (N-methyl/N-ethyl adjacent to an activating group) is 1. The van der Waals surface area contributed by atoms with E-state index in [1.165, 1.54) is 33.6 Å². The second-order valence-electron chi connectivity index (χ2n) is 23.6. The highest BCUT2D eigenvalue weighted by Gasteiger charge is 2.42. The zero-order valence-corrected chi connectivity index (χ0v) is 56.3. The molecular formula is C64H106N8O13S2. The van der Waals surface area contributed by atoms with E-state index in [0.717, 1.165) is 80.8 Å². The van der Waals surface area contributed by atoms with Crippen molar-refractivity contribution in [2.45, 2.75) is 209 Å². The number of methoxy groups -OCH3 is 2. The average molecular weight is 1260 g/mol. The van der Waals surface area contributed by atoms with Crippen LogP contribution in [-0.2, 0) is 68.7 Å². The molecule has 0 spiro atoms. The molecular weight excluding hydrogens is 1150 g/mol. The van der Waals surface area contributed by atoms with E-state index in [1.807, 2.05) is 90.9 Å². The molecule has 3 aliphatic heterocycles. The number of Topliss-reactive ketones (excluding diaryl/α,β-unsaturated/α-hetero) is 1. The number of unbranched alkanes of at least 4 members (excludes halogenated alkanes) is 3. The third-order valence-corrected chi connectivity index (χ3v) is 19.0. The molecule has 1 aromatic carbocycles. The molecule has 0 radical (unpaired) electrons. The fourth-order valence-corrected chi connectivity index (χ4v) is 13.2. The minimum Gasteiger partial charge on any atom is -0.381 e. The molecule has 3 fully saturated rings. The van der Waals surface area contributed by atoms with Gasteiger partial charge in [0.1, 0.15) is 6.04 Å². The Bertz CT molecular complexity index is 2460. The number of para-hydroxylation sites is 1. The van der Waals surface area contributed by atoms with Crippen molar-refractivity contribution in [3.63, 3.8) is 0 Å². The molecule has 87 heavy (non-hydrogen) atoms. The first-order chi connectivity index (χ1) is 41.5. The van der Waals surface area contributed by atoms with Gasteiger partial charge in [0.15, 0.2) is 5.78 Å². The summed E-state index contributed by atoms with van der Waals surface area (Å²) in [6.07, 6.45) is 10.6. The Labute approximate surface area is 526 Å². The number of nitrogens with zero attached hydrogens (tertiary/aromatic N) is 4. The van der Waals surface area contributed by atoms with Crippen molar-refractivity contribution in [3.05, 3.63) is 36.0 Å². The number of likely N-dealkylation sites (tertiary alicyclic amines) is 1. The largest absolute Gasteiger partial charge is 0.381 e. The Morgan fingerprint density at radius 1 is 0.816 bits per heavy atom. The van der Waals surface area contributed by atoms with Crippen LogP contribution >= 0.6 is 21.6 Å².